The van der Waals surface area contributed by atoms with E-state index in [1.54, 1.807) is 0 Å². The van der Waals surface area contributed by atoms with Crippen LogP contribution in [-0.4, -0.2) is 19.7 Å². The lowest BCUT2D eigenvalue weighted by atomic mass is 10.2. The lowest BCUT2D eigenvalue weighted by Crippen LogP contribution is -2.05. The van der Waals surface area contributed by atoms with Gasteiger partial charge in [0.2, 0.25) is 0 Å². The molecule has 0 radical (unpaired) electrons. The van der Waals surface area contributed by atoms with E-state index in [1.165, 1.54) is 18.4 Å². The third kappa shape index (κ3) is 3.70. The maximum absolute atomic E-state index is 5.69. The molecule has 2 nitrogen and oxygen atoms in total. The van der Waals surface area contributed by atoms with Crippen LogP contribution >= 0.6 is 0 Å². The minimum Gasteiger partial charge on any atom is -0.490 e. The van der Waals surface area contributed by atoms with E-state index < -0.39 is 0 Å². The highest BCUT2D eigenvalue weighted by atomic mass is 16.5. The van der Waals surface area contributed by atoms with Crippen molar-refractivity contribution < 1.29 is 4.74 Å². The predicted octanol–water partition coefficient (Wildman–Crippen LogP) is 2.85. The van der Waals surface area contributed by atoms with E-state index in [9.17, 15) is 0 Å². The van der Waals surface area contributed by atoms with Crippen LogP contribution in [0.25, 0.3) is 6.08 Å². The summed E-state index contributed by atoms with van der Waals surface area (Å²) in [6.07, 6.45) is 8.32. The van der Waals surface area contributed by atoms with Crippen molar-refractivity contribution in [3.8, 4) is 5.75 Å². The van der Waals surface area contributed by atoms with Crippen molar-refractivity contribution in [2.45, 2.75) is 25.4 Å². The molecule has 0 spiro atoms. The molecule has 0 unspecified atom stereocenters. The summed E-state index contributed by atoms with van der Waals surface area (Å²) in [4.78, 5) is 0. The largest absolute Gasteiger partial charge is 0.490 e. The average molecular weight is 217 g/mol. The van der Waals surface area contributed by atoms with Crippen molar-refractivity contribution in [2.24, 2.45) is 0 Å². The van der Waals surface area contributed by atoms with Gasteiger partial charge in [0.25, 0.3) is 0 Å². The number of hydrogen-bond acceptors (Lipinski definition) is 2. The molecule has 1 aliphatic carbocycles. The van der Waals surface area contributed by atoms with E-state index in [0.717, 1.165) is 18.7 Å². The number of hydrogen-bond donors (Lipinski definition) is 1. The monoisotopic (exact) mass is 217 g/mol. The Bertz CT molecular complexity index is 338. The molecule has 1 aromatic rings. The van der Waals surface area contributed by atoms with Crippen molar-refractivity contribution in [3.05, 3.63) is 35.9 Å². The van der Waals surface area contributed by atoms with Gasteiger partial charge in [-0.15, -0.1) is 0 Å². The van der Waals surface area contributed by atoms with Gasteiger partial charge >= 0.3 is 0 Å². The maximum Gasteiger partial charge on any atom is 0.119 e. The van der Waals surface area contributed by atoms with Gasteiger partial charge in [0.15, 0.2) is 0 Å². The molecule has 0 bridgehead atoms. The van der Waals surface area contributed by atoms with Gasteiger partial charge < -0.3 is 10.1 Å². The molecule has 1 N–H and O–H groups in total. The van der Waals surface area contributed by atoms with Crippen LogP contribution in [0.4, 0.5) is 0 Å². The minimum atomic E-state index is 0.483. The summed E-state index contributed by atoms with van der Waals surface area (Å²) in [6.45, 7) is 1.03. The lowest BCUT2D eigenvalue weighted by molar-refractivity contribution is 0.303. The second kappa shape index (κ2) is 5.71. The van der Waals surface area contributed by atoms with Crippen molar-refractivity contribution in [1.29, 1.82) is 0 Å². The topological polar surface area (TPSA) is 21.3 Å². The molecule has 0 aliphatic heterocycles. The van der Waals surface area contributed by atoms with Gasteiger partial charge in [0.1, 0.15) is 5.75 Å². The fourth-order valence-corrected chi connectivity index (χ4v) is 1.48. The van der Waals surface area contributed by atoms with Crippen LogP contribution in [0, 0.1) is 0 Å². The van der Waals surface area contributed by atoms with Crippen molar-refractivity contribution in [1.82, 2.24) is 5.32 Å². The van der Waals surface area contributed by atoms with E-state index in [1.807, 2.05) is 7.05 Å². The van der Waals surface area contributed by atoms with Crippen LogP contribution in [0.3, 0.4) is 0 Å². The molecule has 0 aromatic heterocycles. The zero-order valence-corrected chi connectivity index (χ0v) is 9.78. The van der Waals surface area contributed by atoms with Gasteiger partial charge in [-0.1, -0.05) is 24.3 Å². The molecule has 2 heteroatoms. The molecule has 16 heavy (non-hydrogen) atoms. The highest BCUT2D eigenvalue weighted by Crippen LogP contribution is 2.26. The average Bonchev–Trinajstić information content (AvgIpc) is 3.11. The second-order valence-electron chi connectivity index (χ2n) is 4.18. The molecule has 1 aromatic carbocycles. The summed E-state index contributed by atoms with van der Waals surface area (Å²) in [5, 5.41) is 3.12. The van der Waals surface area contributed by atoms with Gasteiger partial charge in [-0.25, -0.2) is 0 Å². The summed E-state index contributed by atoms with van der Waals surface area (Å²) in [5.41, 5.74) is 1.24. The number of nitrogens with one attached hydrogen (secondary N) is 1. The molecular formula is C14H19NO. The van der Waals surface area contributed by atoms with Crippen LogP contribution < -0.4 is 10.1 Å². The summed E-state index contributed by atoms with van der Waals surface area (Å²) in [7, 11) is 1.97. The summed E-state index contributed by atoms with van der Waals surface area (Å²) in [5.74, 6) is 0.995. The maximum atomic E-state index is 5.69. The summed E-state index contributed by atoms with van der Waals surface area (Å²) < 4.78 is 5.69. The third-order valence-electron chi connectivity index (χ3n) is 2.58. The number of benzene rings is 1. The third-order valence-corrected chi connectivity index (χ3v) is 2.58. The quantitative estimate of drug-likeness (QED) is 0.740. The summed E-state index contributed by atoms with van der Waals surface area (Å²) in [6, 6.07) is 8.31. The molecule has 0 heterocycles. The molecule has 2 rings (SSSR count). The van der Waals surface area contributed by atoms with Gasteiger partial charge in [-0.05, 0) is 50.6 Å². The van der Waals surface area contributed by atoms with E-state index in [0.29, 0.717) is 6.10 Å². The zero-order chi connectivity index (χ0) is 11.2. The molecule has 0 saturated heterocycles. The first-order valence-corrected chi connectivity index (χ1v) is 5.96. The van der Waals surface area contributed by atoms with E-state index >= 15 is 0 Å². The Labute approximate surface area is 97.3 Å². The summed E-state index contributed by atoms with van der Waals surface area (Å²) >= 11 is 0. The minimum absolute atomic E-state index is 0.483. The molecule has 86 valence electrons. The highest BCUT2D eigenvalue weighted by Gasteiger charge is 2.23. The molecule has 1 saturated carbocycles. The first kappa shape index (κ1) is 11.2. The Hall–Kier alpha value is -1.28. The SMILES string of the molecule is CNCC/C=C/c1ccc(OC2CC2)cc1. The Morgan fingerprint density at radius 1 is 1.31 bits per heavy atom. The molecular weight excluding hydrogens is 198 g/mol. The Morgan fingerprint density at radius 3 is 2.69 bits per heavy atom. The molecule has 1 fully saturated rings. The van der Waals surface area contributed by atoms with E-state index in [4.69, 9.17) is 4.74 Å². The van der Waals surface area contributed by atoms with Crippen LogP contribution in [0.5, 0.6) is 5.75 Å². The van der Waals surface area contributed by atoms with Crippen molar-refractivity contribution in [2.75, 3.05) is 13.6 Å². The van der Waals surface area contributed by atoms with Crippen LogP contribution in [0.15, 0.2) is 30.3 Å². The van der Waals surface area contributed by atoms with Gasteiger partial charge in [0.05, 0.1) is 6.10 Å². The number of ether oxygens (including phenoxy) is 1. The first-order chi connectivity index (χ1) is 7.88. The first-order valence-electron chi connectivity index (χ1n) is 5.96. The lowest BCUT2D eigenvalue weighted by Gasteiger charge is -2.03. The van der Waals surface area contributed by atoms with Crippen LogP contribution in [0.2, 0.25) is 0 Å². The molecule has 0 atom stereocenters. The van der Waals surface area contributed by atoms with E-state index in [2.05, 4.69) is 41.7 Å². The fourth-order valence-electron chi connectivity index (χ4n) is 1.48. The van der Waals surface area contributed by atoms with Gasteiger partial charge in [-0.2, -0.15) is 0 Å². The molecule has 1 aliphatic rings. The standard InChI is InChI=1S/C14H19NO/c1-15-11-3-2-4-12-5-7-13(8-6-12)16-14-9-10-14/h2,4-8,14-15H,3,9-11H2,1H3/b4-2+. The highest BCUT2D eigenvalue weighted by molar-refractivity contribution is 5.50. The smallest absolute Gasteiger partial charge is 0.119 e. The van der Waals surface area contributed by atoms with Crippen molar-refractivity contribution in [3.63, 3.8) is 0 Å². The van der Waals surface area contributed by atoms with Gasteiger partial charge in [0, 0.05) is 0 Å². The predicted molar refractivity (Wildman–Crippen MR) is 67.7 cm³/mol. The number of rotatable bonds is 6. The fraction of sp³-hybridized carbons (Fsp3) is 0.429. The second-order valence-corrected chi connectivity index (χ2v) is 4.18. The zero-order valence-electron chi connectivity index (χ0n) is 9.78. The van der Waals surface area contributed by atoms with Crippen LogP contribution in [-0.2, 0) is 0 Å². The van der Waals surface area contributed by atoms with Gasteiger partial charge in [-0.3, -0.25) is 0 Å². The Kier molecular flexibility index (Phi) is 4.00. The van der Waals surface area contributed by atoms with Crippen LogP contribution in [0.1, 0.15) is 24.8 Å². The Balaban J connectivity index is 1.83. The molecule has 0 amide bonds. The van der Waals surface area contributed by atoms with E-state index in [-0.39, 0.29) is 0 Å². The van der Waals surface area contributed by atoms with Crippen molar-refractivity contribution >= 4 is 6.08 Å². The normalized spacial score (nSPS) is 15.6. The Morgan fingerprint density at radius 2 is 2.06 bits per heavy atom.